The quantitative estimate of drug-likeness (QED) is 0.905. The van der Waals surface area contributed by atoms with Gasteiger partial charge in [0, 0.05) is 19.0 Å². The Morgan fingerprint density at radius 1 is 1.47 bits per heavy atom. The summed E-state index contributed by atoms with van der Waals surface area (Å²) >= 11 is 0. The lowest BCUT2D eigenvalue weighted by molar-refractivity contribution is -0.153. The molecule has 19 heavy (non-hydrogen) atoms. The maximum absolute atomic E-state index is 10.9. The highest BCUT2D eigenvalue weighted by Gasteiger charge is 2.43. The predicted octanol–water partition coefficient (Wildman–Crippen LogP) is 2.26. The fourth-order valence-corrected chi connectivity index (χ4v) is 2.80. The maximum atomic E-state index is 10.9. The van der Waals surface area contributed by atoms with E-state index in [0.717, 1.165) is 32.3 Å². The summed E-state index contributed by atoms with van der Waals surface area (Å²) in [5.74, 6) is -0.457. The molecule has 2 fully saturated rings. The fourth-order valence-electron chi connectivity index (χ4n) is 2.80. The molecule has 2 heterocycles. The third-order valence-electron chi connectivity index (χ3n) is 3.98. The second-order valence-corrected chi connectivity index (χ2v) is 5.33. The van der Waals surface area contributed by atoms with E-state index >= 15 is 0 Å². The molecular weight excluding hydrogens is 246 g/mol. The van der Waals surface area contributed by atoms with Gasteiger partial charge in [-0.1, -0.05) is 0 Å². The van der Waals surface area contributed by atoms with Crippen molar-refractivity contribution in [2.24, 2.45) is 0 Å². The van der Waals surface area contributed by atoms with Gasteiger partial charge in [-0.15, -0.1) is 0 Å². The molecule has 1 atom stereocenters. The monoisotopic (exact) mass is 263 g/mol. The molecule has 1 spiro atoms. The lowest BCUT2D eigenvalue weighted by atomic mass is 9.74. The summed E-state index contributed by atoms with van der Waals surface area (Å²) in [6.07, 6.45) is 8.18. The number of carboxylic acid groups (broad SMARTS) is 1. The van der Waals surface area contributed by atoms with Crippen LogP contribution in [0, 0.1) is 0 Å². The summed E-state index contributed by atoms with van der Waals surface area (Å²) in [5.41, 5.74) is 0.184. The van der Waals surface area contributed by atoms with E-state index in [2.05, 4.69) is 4.98 Å². The van der Waals surface area contributed by atoms with Crippen LogP contribution < -0.4 is 4.74 Å². The summed E-state index contributed by atoms with van der Waals surface area (Å²) in [6, 6.07) is 1.53. The van der Waals surface area contributed by atoms with E-state index in [1.165, 1.54) is 18.7 Å². The zero-order valence-electron chi connectivity index (χ0n) is 10.7. The molecule has 2 aliphatic rings. The van der Waals surface area contributed by atoms with Crippen molar-refractivity contribution >= 4 is 5.97 Å². The van der Waals surface area contributed by atoms with E-state index in [4.69, 9.17) is 14.6 Å². The van der Waals surface area contributed by atoms with Crippen LogP contribution >= 0.6 is 0 Å². The van der Waals surface area contributed by atoms with E-state index in [9.17, 15) is 4.79 Å². The second-order valence-electron chi connectivity index (χ2n) is 5.33. The molecule has 1 N–H and O–H groups in total. The molecule has 5 heteroatoms. The first kappa shape index (κ1) is 12.4. The van der Waals surface area contributed by atoms with Gasteiger partial charge < -0.3 is 14.6 Å². The molecule has 0 aromatic carbocycles. The Bertz CT molecular complexity index is 484. The van der Waals surface area contributed by atoms with Crippen molar-refractivity contribution in [1.29, 1.82) is 0 Å². The highest BCUT2D eigenvalue weighted by atomic mass is 16.5. The molecule has 0 bridgehead atoms. The number of ether oxygens (including phenoxy) is 2. The molecule has 102 valence electrons. The number of carbonyl (C=O) groups is 1. The Morgan fingerprint density at radius 3 is 3.00 bits per heavy atom. The van der Waals surface area contributed by atoms with Crippen LogP contribution in [-0.2, 0) is 4.74 Å². The third-order valence-corrected chi connectivity index (χ3v) is 3.98. The molecule has 1 aromatic rings. The average Bonchev–Trinajstić information content (AvgIpc) is 2.37. The van der Waals surface area contributed by atoms with E-state index in [-0.39, 0.29) is 17.3 Å². The second kappa shape index (κ2) is 4.81. The highest BCUT2D eigenvalue weighted by molar-refractivity contribution is 5.87. The van der Waals surface area contributed by atoms with E-state index < -0.39 is 5.97 Å². The van der Waals surface area contributed by atoms with Gasteiger partial charge in [-0.3, -0.25) is 4.98 Å². The number of aromatic carboxylic acids is 1. The largest absolute Gasteiger partial charge is 0.489 e. The molecule has 5 nitrogen and oxygen atoms in total. The molecule has 1 aliphatic carbocycles. The SMILES string of the molecule is O=C(O)c1cncc(OC2CCOC3(CCC3)C2)c1. The number of carboxylic acids is 1. The van der Waals surface area contributed by atoms with Gasteiger partial charge in [-0.2, -0.15) is 0 Å². The fraction of sp³-hybridized carbons (Fsp3) is 0.571. The Labute approximate surface area is 111 Å². The van der Waals surface area contributed by atoms with Crippen molar-refractivity contribution in [3.8, 4) is 5.75 Å². The van der Waals surface area contributed by atoms with Crippen molar-refractivity contribution in [3.63, 3.8) is 0 Å². The standard InChI is InChI=1S/C14H17NO4/c16-13(17)10-6-12(9-15-8-10)19-11-2-5-18-14(7-11)3-1-4-14/h6,8-9,11H,1-5,7H2,(H,16,17). The van der Waals surface area contributed by atoms with Crippen LogP contribution in [0.2, 0.25) is 0 Å². The summed E-state index contributed by atoms with van der Waals surface area (Å²) in [6.45, 7) is 0.719. The summed E-state index contributed by atoms with van der Waals surface area (Å²) < 4.78 is 11.7. The van der Waals surface area contributed by atoms with Gasteiger partial charge in [0.2, 0.25) is 0 Å². The van der Waals surface area contributed by atoms with Gasteiger partial charge in [0.25, 0.3) is 0 Å². The van der Waals surface area contributed by atoms with Crippen molar-refractivity contribution in [1.82, 2.24) is 4.98 Å². The Kier molecular flexibility index (Phi) is 3.14. The van der Waals surface area contributed by atoms with Gasteiger partial charge in [0.1, 0.15) is 11.9 Å². The predicted molar refractivity (Wildman–Crippen MR) is 67.4 cm³/mol. The number of rotatable bonds is 3. The van der Waals surface area contributed by atoms with Crippen LogP contribution in [0.15, 0.2) is 18.5 Å². The molecule has 1 aliphatic heterocycles. The Morgan fingerprint density at radius 2 is 2.32 bits per heavy atom. The van der Waals surface area contributed by atoms with Gasteiger partial charge in [0.05, 0.1) is 24.0 Å². The zero-order valence-corrected chi connectivity index (χ0v) is 10.7. The molecular formula is C14H17NO4. The van der Waals surface area contributed by atoms with Crippen LogP contribution in [0.4, 0.5) is 0 Å². The van der Waals surface area contributed by atoms with Gasteiger partial charge in [-0.05, 0) is 25.3 Å². The minimum atomic E-state index is -0.986. The first-order chi connectivity index (χ1) is 9.17. The zero-order chi connectivity index (χ0) is 13.3. The smallest absolute Gasteiger partial charge is 0.337 e. The Balaban J connectivity index is 1.67. The highest BCUT2D eigenvalue weighted by Crippen LogP contribution is 2.43. The minimum absolute atomic E-state index is 0.0285. The van der Waals surface area contributed by atoms with Gasteiger partial charge in [0.15, 0.2) is 0 Å². The maximum Gasteiger partial charge on any atom is 0.337 e. The number of pyridine rings is 1. The topological polar surface area (TPSA) is 68.7 Å². The normalized spacial score (nSPS) is 24.7. The van der Waals surface area contributed by atoms with E-state index in [0.29, 0.717) is 5.75 Å². The lowest BCUT2D eigenvalue weighted by Gasteiger charge is -2.46. The molecule has 1 saturated carbocycles. The lowest BCUT2D eigenvalue weighted by Crippen LogP contribution is -2.48. The first-order valence-corrected chi connectivity index (χ1v) is 6.66. The molecule has 1 unspecified atom stereocenters. The third kappa shape index (κ3) is 2.56. The van der Waals surface area contributed by atoms with Crippen LogP contribution in [0.25, 0.3) is 0 Å². The van der Waals surface area contributed by atoms with Gasteiger partial charge >= 0.3 is 5.97 Å². The minimum Gasteiger partial charge on any atom is -0.489 e. The van der Waals surface area contributed by atoms with E-state index in [1.54, 1.807) is 6.20 Å². The van der Waals surface area contributed by atoms with Crippen LogP contribution in [-0.4, -0.2) is 34.4 Å². The van der Waals surface area contributed by atoms with Crippen LogP contribution in [0.3, 0.4) is 0 Å². The number of aromatic nitrogens is 1. The van der Waals surface area contributed by atoms with Crippen molar-refractivity contribution in [2.45, 2.75) is 43.8 Å². The number of nitrogens with zero attached hydrogens (tertiary/aromatic N) is 1. The van der Waals surface area contributed by atoms with Crippen LogP contribution in [0.5, 0.6) is 5.75 Å². The molecule has 0 amide bonds. The Hall–Kier alpha value is -1.62. The molecule has 1 aromatic heterocycles. The van der Waals surface area contributed by atoms with Crippen LogP contribution in [0.1, 0.15) is 42.5 Å². The molecule has 0 radical (unpaired) electrons. The molecule has 3 rings (SSSR count). The first-order valence-electron chi connectivity index (χ1n) is 6.66. The summed E-state index contributed by atoms with van der Waals surface area (Å²) in [4.78, 5) is 14.8. The van der Waals surface area contributed by atoms with Crippen molar-refractivity contribution in [2.75, 3.05) is 6.61 Å². The van der Waals surface area contributed by atoms with E-state index in [1.807, 2.05) is 0 Å². The molecule has 1 saturated heterocycles. The van der Waals surface area contributed by atoms with Crippen molar-refractivity contribution in [3.05, 3.63) is 24.0 Å². The van der Waals surface area contributed by atoms with Crippen molar-refractivity contribution < 1.29 is 19.4 Å². The number of hydrogen-bond donors (Lipinski definition) is 1. The summed E-state index contributed by atoms with van der Waals surface area (Å²) in [5, 5.41) is 8.93. The average molecular weight is 263 g/mol. The summed E-state index contributed by atoms with van der Waals surface area (Å²) in [7, 11) is 0. The number of hydrogen-bond acceptors (Lipinski definition) is 4. The van der Waals surface area contributed by atoms with Gasteiger partial charge in [-0.25, -0.2) is 4.79 Å².